The normalized spacial score (nSPS) is 9.71. The second kappa shape index (κ2) is 7.40. The van der Waals surface area contributed by atoms with Crippen molar-refractivity contribution in [2.24, 2.45) is 5.73 Å². The lowest BCUT2D eigenvalue weighted by Gasteiger charge is -2.06. The summed E-state index contributed by atoms with van der Waals surface area (Å²) in [7, 11) is 0. The van der Waals surface area contributed by atoms with Crippen LogP contribution >= 0.6 is 0 Å². The summed E-state index contributed by atoms with van der Waals surface area (Å²) in [4.78, 5) is 22.6. The van der Waals surface area contributed by atoms with E-state index in [-0.39, 0.29) is 11.8 Å². The minimum atomic E-state index is -0.140. The third-order valence-corrected chi connectivity index (χ3v) is 2.14. The lowest BCUT2D eigenvalue weighted by atomic mass is 10.2. The standard InChI is InChI=1S/C12H17N3O2/c13-7-6-11(16)14-8-9-15-12(17)10-4-2-1-3-5-10/h1-5H,6-9,13H2,(H,14,16)(H,15,17). The molecular weight excluding hydrogens is 218 g/mol. The fraction of sp³-hybridized carbons (Fsp3) is 0.333. The lowest BCUT2D eigenvalue weighted by Crippen LogP contribution is -2.35. The maximum Gasteiger partial charge on any atom is 0.251 e. The maximum atomic E-state index is 11.6. The summed E-state index contributed by atoms with van der Waals surface area (Å²) >= 11 is 0. The predicted octanol–water partition coefficient (Wildman–Crippen LogP) is -0.119. The molecule has 0 fully saturated rings. The first-order valence-corrected chi connectivity index (χ1v) is 5.54. The van der Waals surface area contributed by atoms with E-state index >= 15 is 0 Å². The zero-order chi connectivity index (χ0) is 12.5. The molecular formula is C12H17N3O2. The average molecular weight is 235 g/mol. The Hall–Kier alpha value is -1.88. The molecule has 0 bridgehead atoms. The molecule has 4 N–H and O–H groups in total. The Bertz CT molecular complexity index is 365. The summed E-state index contributed by atoms with van der Waals surface area (Å²) in [6.45, 7) is 1.16. The van der Waals surface area contributed by atoms with Crippen LogP contribution < -0.4 is 16.4 Å². The molecule has 92 valence electrons. The predicted molar refractivity (Wildman–Crippen MR) is 65.5 cm³/mol. The van der Waals surface area contributed by atoms with Gasteiger partial charge in [-0.25, -0.2) is 0 Å². The van der Waals surface area contributed by atoms with E-state index < -0.39 is 0 Å². The number of carbonyl (C=O) groups excluding carboxylic acids is 2. The van der Waals surface area contributed by atoms with Crippen LogP contribution in [0.15, 0.2) is 30.3 Å². The van der Waals surface area contributed by atoms with Crippen molar-refractivity contribution in [3.8, 4) is 0 Å². The van der Waals surface area contributed by atoms with Gasteiger partial charge in [0.1, 0.15) is 0 Å². The van der Waals surface area contributed by atoms with Crippen molar-refractivity contribution in [3.63, 3.8) is 0 Å². The number of rotatable bonds is 6. The molecule has 5 nitrogen and oxygen atoms in total. The first-order chi connectivity index (χ1) is 8.24. The molecule has 2 amide bonds. The van der Waals surface area contributed by atoms with Gasteiger partial charge in [-0.15, -0.1) is 0 Å². The fourth-order valence-electron chi connectivity index (χ4n) is 1.29. The van der Waals surface area contributed by atoms with Crippen molar-refractivity contribution < 1.29 is 9.59 Å². The van der Waals surface area contributed by atoms with Crippen molar-refractivity contribution in [1.82, 2.24) is 10.6 Å². The molecule has 0 atom stereocenters. The highest BCUT2D eigenvalue weighted by atomic mass is 16.2. The van der Waals surface area contributed by atoms with Gasteiger partial charge in [-0.1, -0.05) is 18.2 Å². The minimum absolute atomic E-state index is 0.0959. The Morgan fingerprint density at radius 3 is 2.35 bits per heavy atom. The van der Waals surface area contributed by atoms with Gasteiger partial charge in [0, 0.05) is 31.6 Å². The highest BCUT2D eigenvalue weighted by Crippen LogP contribution is 1.96. The molecule has 0 aliphatic heterocycles. The molecule has 5 heteroatoms. The van der Waals surface area contributed by atoms with Gasteiger partial charge < -0.3 is 16.4 Å². The summed E-state index contributed by atoms with van der Waals surface area (Å²) in [5, 5.41) is 5.37. The van der Waals surface area contributed by atoms with Crippen molar-refractivity contribution >= 4 is 11.8 Å². The number of carbonyl (C=O) groups is 2. The van der Waals surface area contributed by atoms with Crippen LogP contribution in [0.25, 0.3) is 0 Å². The maximum absolute atomic E-state index is 11.6. The summed E-state index contributed by atoms with van der Waals surface area (Å²) in [5.41, 5.74) is 5.84. The van der Waals surface area contributed by atoms with E-state index in [0.717, 1.165) is 0 Å². The molecule has 1 aromatic carbocycles. The molecule has 17 heavy (non-hydrogen) atoms. The van der Waals surface area contributed by atoms with E-state index in [1.807, 2.05) is 6.07 Å². The quantitative estimate of drug-likeness (QED) is 0.601. The molecule has 1 rings (SSSR count). The third-order valence-electron chi connectivity index (χ3n) is 2.14. The van der Waals surface area contributed by atoms with E-state index in [4.69, 9.17) is 5.73 Å². The van der Waals surface area contributed by atoms with Crippen LogP contribution in [0, 0.1) is 0 Å². The molecule has 0 aliphatic carbocycles. The Balaban J connectivity index is 2.19. The van der Waals surface area contributed by atoms with Gasteiger partial charge in [0.05, 0.1) is 0 Å². The second-order valence-electron chi connectivity index (χ2n) is 3.51. The second-order valence-corrected chi connectivity index (χ2v) is 3.51. The highest BCUT2D eigenvalue weighted by molar-refractivity contribution is 5.94. The largest absolute Gasteiger partial charge is 0.354 e. The molecule has 0 saturated heterocycles. The Labute approximate surface area is 100 Å². The zero-order valence-corrected chi connectivity index (χ0v) is 9.61. The number of benzene rings is 1. The lowest BCUT2D eigenvalue weighted by molar-refractivity contribution is -0.120. The Kier molecular flexibility index (Phi) is 5.74. The van der Waals surface area contributed by atoms with Gasteiger partial charge >= 0.3 is 0 Å². The summed E-state index contributed by atoms with van der Waals surface area (Å²) < 4.78 is 0. The number of hydrogen-bond acceptors (Lipinski definition) is 3. The molecule has 0 spiro atoms. The summed E-state index contributed by atoms with van der Waals surface area (Å²) in [6.07, 6.45) is 0.312. The topological polar surface area (TPSA) is 84.2 Å². The van der Waals surface area contributed by atoms with E-state index in [2.05, 4.69) is 10.6 Å². The monoisotopic (exact) mass is 235 g/mol. The SMILES string of the molecule is NCCC(=O)NCCNC(=O)c1ccccc1. The van der Waals surface area contributed by atoms with Gasteiger partial charge in [-0.3, -0.25) is 9.59 Å². The van der Waals surface area contributed by atoms with Crippen LogP contribution in [-0.2, 0) is 4.79 Å². The van der Waals surface area contributed by atoms with Crippen LogP contribution in [-0.4, -0.2) is 31.4 Å². The number of nitrogens with one attached hydrogen (secondary N) is 2. The summed E-state index contributed by atoms with van der Waals surface area (Å²) in [5.74, 6) is -0.236. The molecule has 1 aromatic rings. The van der Waals surface area contributed by atoms with E-state index in [9.17, 15) is 9.59 Å². The minimum Gasteiger partial charge on any atom is -0.354 e. The van der Waals surface area contributed by atoms with Crippen LogP contribution in [0.1, 0.15) is 16.8 Å². The van der Waals surface area contributed by atoms with Gasteiger partial charge in [-0.2, -0.15) is 0 Å². The van der Waals surface area contributed by atoms with Gasteiger partial charge in [-0.05, 0) is 12.1 Å². The van der Waals surface area contributed by atoms with E-state index in [1.54, 1.807) is 24.3 Å². The summed E-state index contributed by atoms with van der Waals surface area (Å²) in [6, 6.07) is 8.93. The van der Waals surface area contributed by atoms with Gasteiger partial charge in [0.15, 0.2) is 0 Å². The van der Waals surface area contributed by atoms with Crippen molar-refractivity contribution in [2.75, 3.05) is 19.6 Å². The van der Waals surface area contributed by atoms with Crippen molar-refractivity contribution in [3.05, 3.63) is 35.9 Å². The fourth-order valence-corrected chi connectivity index (χ4v) is 1.29. The van der Waals surface area contributed by atoms with Gasteiger partial charge in [0.2, 0.25) is 5.91 Å². The van der Waals surface area contributed by atoms with Crippen LogP contribution in [0.3, 0.4) is 0 Å². The van der Waals surface area contributed by atoms with Crippen LogP contribution in [0.5, 0.6) is 0 Å². The molecule has 0 unspecified atom stereocenters. The van der Waals surface area contributed by atoms with Crippen LogP contribution in [0.4, 0.5) is 0 Å². The van der Waals surface area contributed by atoms with Crippen LogP contribution in [0.2, 0.25) is 0 Å². The van der Waals surface area contributed by atoms with Gasteiger partial charge in [0.25, 0.3) is 5.91 Å². The molecule has 0 radical (unpaired) electrons. The average Bonchev–Trinajstić information content (AvgIpc) is 2.36. The Morgan fingerprint density at radius 2 is 1.71 bits per heavy atom. The van der Waals surface area contributed by atoms with Crippen molar-refractivity contribution in [1.29, 1.82) is 0 Å². The first kappa shape index (κ1) is 13.2. The molecule has 0 saturated carbocycles. The zero-order valence-electron chi connectivity index (χ0n) is 9.61. The molecule has 0 aliphatic rings. The Morgan fingerprint density at radius 1 is 1.06 bits per heavy atom. The van der Waals surface area contributed by atoms with E-state index in [0.29, 0.717) is 31.6 Å². The molecule has 0 aromatic heterocycles. The smallest absolute Gasteiger partial charge is 0.251 e. The van der Waals surface area contributed by atoms with Crippen molar-refractivity contribution in [2.45, 2.75) is 6.42 Å². The number of nitrogens with two attached hydrogens (primary N) is 1. The highest BCUT2D eigenvalue weighted by Gasteiger charge is 2.03. The third kappa shape index (κ3) is 5.12. The first-order valence-electron chi connectivity index (χ1n) is 5.54. The number of hydrogen-bond donors (Lipinski definition) is 3. The molecule has 0 heterocycles. The number of amides is 2. The van der Waals surface area contributed by atoms with E-state index in [1.165, 1.54) is 0 Å².